The smallest absolute Gasteiger partial charge is 0.354 e. The van der Waals surface area contributed by atoms with Crippen LogP contribution in [0.2, 0.25) is 0 Å². The summed E-state index contributed by atoms with van der Waals surface area (Å²) >= 11 is 0. The molecule has 0 bridgehead atoms. The summed E-state index contributed by atoms with van der Waals surface area (Å²) in [5, 5.41) is 5.41. The maximum atomic E-state index is 12.4. The van der Waals surface area contributed by atoms with Crippen LogP contribution in [-0.4, -0.2) is 41.7 Å². The molecule has 0 radical (unpaired) electrons. The van der Waals surface area contributed by atoms with Gasteiger partial charge < -0.3 is 15.5 Å². The molecule has 1 aliphatic rings. The minimum absolute atomic E-state index is 0.101. The van der Waals surface area contributed by atoms with Gasteiger partial charge in [-0.3, -0.25) is 4.79 Å². The van der Waals surface area contributed by atoms with Crippen LogP contribution in [0, 0.1) is 0 Å². The van der Waals surface area contributed by atoms with Crippen molar-refractivity contribution in [1.29, 1.82) is 0 Å². The third-order valence-electron chi connectivity index (χ3n) is 3.95. The number of carbonyl (C=O) groups is 1. The molecule has 1 atom stereocenters. The van der Waals surface area contributed by atoms with Crippen LogP contribution in [0.4, 0.5) is 24.9 Å². The number of nitrogens with zero attached hydrogens (tertiary/aromatic N) is 3. The Labute approximate surface area is 148 Å². The van der Waals surface area contributed by atoms with Gasteiger partial charge in [-0.15, -0.1) is 0 Å². The van der Waals surface area contributed by atoms with Crippen LogP contribution >= 0.6 is 0 Å². The first-order valence-corrected chi connectivity index (χ1v) is 8.17. The predicted octanol–water partition coefficient (Wildman–Crippen LogP) is 2.52. The van der Waals surface area contributed by atoms with Crippen molar-refractivity contribution in [2.24, 2.45) is 0 Å². The number of carbonyl (C=O) groups excluding carboxylic acids is 1. The number of hydrogen-bond acceptors (Lipinski definition) is 5. The molecule has 1 aliphatic heterocycles. The zero-order chi connectivity index (χ0) is 18.6. The lowest BCUT2D eigenvalue weighted by molar-refractivity contribution is -0.131. The number of benzene rings is 1. The van der Waals surface area contributed by atoms with Crippen molar-refractivity contribution in [3.8, 4) is 0 Å². The van der Waals surface area contributed by atoms with E-state index in [1.807, 2.05) is 35.2 Å². The first-order valence-electron chi connectivity index (χ1n) is 8.17. The number of piperazine rings is 1. The van der Waals surface area contributed by atoms with Gasteiger partial charge in [0.25, 0.3) is 0 Å². The Balaban J connectivity index is 1.80. The van der Waals surface area contributed by atoms with E-state index in [4.69, 9.17) is 0 Å². The molecule has 2 N–H and O–H groups in total. The summed E-state index contributed by atoms with van der Waals surface area (Å²) in [5.74, 6) is 0.440. The number of nitrogens with one attached hydrogen (secondary N) is 2. The second kappa shape index (κ2) is 7.59. The van der Waals surface area contributed by atoms with Crippen LogP contribution < -0.4 is 15.5 Å². The highest BCUT2D eigenvalue weighted by Crippen LogP contribution is 2.28. The Morgan fingerprint density at radius 3 is 2.73 bits per heavy atom. The summed E-state index contributed by atoms with van der Waals surface area (Å²) in [6, 6.07) is 10.4. The Bertz CT molecular complexity index is 754. The lowest BCUT2D eigenvalue weighted by Gasteiger charge is -2.36. The van der Waals surface area contributed by atoms with Crippen molar-refractivity contribution in [3.63, 3.8) is 0 Å². The number of halogens is 3. The molecule has 1 amide bonds. The summed E-state index contributed by atoms with van der Waals surface area (Å²) < 4.78 is 36.8. The number of alkyl halides is 3. The molecular weight excluding hydrogens is 347 g/mol. The zero-order valence-electron chi connectivity index (χ0n) is 13.8. The van der Waals surface area contributed by atoms with Crippen molar-refractivity contribution in [3.05, 3.63) is 48.2 Å². The highest BCUT2D eigenvalue weighted by molar-refractivity contribution is 5.87. The van der Waals surface area contributed by atoms with Crippen molar-refractivity contribution in [1.82, 2.24) is 15.3 Å². The van der Waals surface area contributed by atoms with Gasteiger partial charge in [0, 0.05) is 25.8 Å². The van der Waals surface area contributed by atoms with Crippen molar-refractivity contribution in [2.45, 2.75) is 18.6 Å². The Morgan fingerprint density at radius 2 is 2.00 bits per heavy atom. The SMILES string of the molecule is O=C1NCCN(c2ccnc(NCCC(F)(F)F)n2)C1c1ccccc1. The van der Waals surface area contributed by atoms with Crippen LogP contribution in [0.5, 0.6) is 0 Å². The summed E-state index contributed by atoms with van der Waals surface area (Å²) in [6.45, 7) is 0.683. The number of anilines is 2. The van der Waals surface area contributed by atoms with Gasteiger partial charge in [0.15, 0.2) is 0 Å². The van der Waals surface area contributed by atoms with E-state index < -0.39 is 18.6 Å². The van der Waals surface area contributed by atoms with Gasteiger partial charge in [0.2, 0.25) is 11.9 Å². The highest BCUT2D eigenvalue weighted by atomic mass is 19.4. The number of aromatic nitrogens is 2. The van der Waals surface area contributed by atoms with E-state index in [1.54, 1.807) is 6.07 Å². The average Bonchev–Trinajstić information content (AvgIpc) is 2.61. The number of amides is 1. The van der Waals surface area contributed by atoms with E-state index in [0.717, 1.165) is 5.56 Å². The Morgan fingerprint density at radius 1 is 1.23 bits per heavy atom. The molecule has 0 aliphatic carbocycles. The van der Waals surface area contributed by atoms with Gasteiger partial charge in [-0.2, -0.15) is 18.2 Å². The van der Waals surface area contributed by atoms with E-state index in [0.29, 0.717) is 18.9 Å². The lowest BCUT2D eigenvalue weighted by atomic mass is 10.0. The van der Waals surface area contributed by atoms with Gasteiger partial charge >= 0.3 is 6.18 Å². The molecule has 0 spiro atoms. The minimum Gasteiger partial charge on any atom is -0.354 e. The summed E-state index contributed by atoms with van der Waals surface area (Å²) in [4.78, 5) is 22.5. The van der Waals surface area contributed by atoms with Gasteiger partial charge in [-0.25, -0.2) is 4.98 Å². The molecular formula is C17H18F3N5O. The first-order chi connectivity index (χ1) is 12.4. The Hall–Kier alpha value is -2.84. The van der Waals surface area contributed by atoms with E-state index in [9.17, 15) is 18.0 Å². The normalized spacial score (nSPS) is 17.7. The van der Waals surface area contributed by atoms with Crippen molar-refractivity contribution in [2.75, 3.05) is 29.9 Å². The summed E-state index contributed by atoms with van der Waals surface area (Å²) in [6.07, 6.45) is -3.75. The lowest BCUT2D eigenvalue weighted by Crippen LogP contribution is -2.50. The zero-order valence-corrected chi connectivity index (χ0v) is 13.8. The summed E-state index contributed by atoms with van der Waals surface area (Å²) in [7, 11) is 0. The van der Waals surface area contributed by atoms with Gasteiger partial charge in [0.05, 0.1) is 6.42 Å². The molecule has 0 saturated carbocycles. The molecule has 26 heavy (non-hydrogen) atoms. The standard InChI is InChI=1S/C17H18F3N5O/c18-17(19,20)7-9-23-16-22-8-6-13(24-16)25-11-10-21-15(26)14(25)12-4-2-1-3-5-12/h1-6,8,14H,7,9-11H2,(H,21,26)(H,22,23,24). The maximum Gasteiger partial charge on any atom is 0.390 e. The van der Waals surface area contributed by atoms with E-state index in [2.05, 4.69) is 20.6 Å². The van der Waals surface area contributed by atoms with Gasteiger partial charge in [0.1, 0.15) is 11.9 Å². The summed E-state index contributed by atoms with van der Waals surface area (Å²) in [5.41, 5.74) is 0.815. The largest absolute Gasteiger partial charge is 0.390 e. The molecule has 1 aromatic heterocycles. The number of rotatable bonds is 5. The molecule has 1 aromatic carbocycles. The second-order valence-corrected chi connectivity index (χ2v) is 5.83. The van der Waals surface area contributed by atoms with E-state index in [1.165, 1.54) is 6.20 Å². The fourth-order valence-electron chi connectivity index (χ4n) is 2.79. The predicted molar refractivity (Wildman–Crippen MR) is 90.7 cm³/mol. The van der Waals surface area contributed by atoms with Crippen LogP contribution in [0.3, 0.4) is 0 Å². The quantitative estimate of drug-likeness (QED) is 0.852. The molecule has 6 nitrogen and oxygen atoms in total. The van der Waals surface area contributed by atoms with E-state index >= 15 is 0 Å². The van der Waals surface area contributed by atoms with Crippen LogP contribution in [0.1, 0.15) is 18.0 Å². The number of hydrogen-bond donors (Lipinski definition) is 2. The Kier molecular flexibility index (Phi) is 5.24. The molecule has 2 heterocycles. The molecule has 1 fully saturated rings. The fourth-order valence-corrected chi connectivity index (χ4v) is 2.79. The van der Waals surface area contributed by atoms with Gasteiger partial charge in [-0.1, -0.05) is 30.3 Å². The minimum atomic E-state index is -4.24. The monoisotopic (exact) mass is 365 g/mol. The van der Waals surface area contributed by atoms with Crippen LogP contribution in [0.25, 0.3) is 0 Å². The topological polar surface area (TPSA) is 70.2 Å². The van der Waals surface area contributed by atoms with Gasteiger partial charge in [-0.05, 0) is 11.6 Å². The third kappa shape index (κ3) is 4.41. The molecule has 2 aromatic rings. The molecule has 1 unspecified atom stereocenters. The fraction of sp³-hybridized carbons (Fsp3) is 0.353. The first kappa shape index (κ1) is 18.0. The third-order valence-corrected chi connectivity index (χ3v) is 3.95. The van der Waals surface area contributed by atoms with Crippen molar-refractivity contribution >= 4 is 17.7 Å². The van der Waals surface area contributed by atoms with Crippen LogP contribution in [-0.2, 0) is 4.79 Å². The molecule has 3 rings (SSSR count). The molecule has 1 saturated heterocycles. The molecule has 9 heteroatoms. The molecule has 138 valence electrons. The van der Waals surface area contributed by atoms with E-state index in [-0.39, 0.29) is 18.4 Å². The highest BCUT2D eigenvalue weighted by Gasteiger charge is 2.32. The van der Waals surface area contributed by atoms with Crippen LogP contribution in [0.15, 0.2) is 42.6 Å². The van der Waals surface area contributed by atoms with Crippen molar-refractivity contribution < 1.29 is 18.0 Å². The second-order valence-electron chi connectivity index (χ2n) is 5.83. The maximum absolute atomic E-state index is 12.4. The average molecular weight is 365 g/mol.